The predicted octanol–water partition coefficient (Wildman–Crippen LogP) is 5.24. The van der Waals surface area contributed by atoms with Crippen molar-refractivity contribution in [1.82, 2.24) is 4.90 Å². The van der Waals surface area contributed by atoms with Crippen LogP contribution < -0.4 is 10.1 Å². The van der Waals surface area contributed by atoms with Gasteiger partial charge in [-0.1, -0.05) is 60.2 Å². The number of halogens is 1. The Morgan fingerprint density at radius 3 is 2.56 bits per heavy atom. The summed E-state index contributed by atoms with van der Waals surface area (Å²) in [4.78, 5) is 27.6. The van der Waals surface area contributed by atoms with Crippen molar-refractivity contribution in [3.05, 3.63) is 107 Å². The summed E-state index contributed by atoms with van der Waals surface area (Å²) in [6.07, 6.45) is 0. The van der Waals surface area contributed by atoms with E-state index in [-0.39, 0.29) is 30.8 Å². The number of amides is 2. The summed E-state index contributed by atoms with van der Waals surface area (Å²) in [7, 11) is 0. The molecule has 1 aliphatic rings. The third-order valence-corrected chi connectivity index (χ3v) is 5.99. The largest absolute Gasteiger partial charge is 0.484 e. The maximum absolute atomic E-state index is 13.7. The molecule has 0 aliphatic carbocycles. The Hall–Kier alpha value is -4.19. The second-order valence-electron chi connectivity index (χ2n) is 8.41. The van der Waals surface area contributed by atoms with Gasteiger partial charge in [-0.05, 0) is 53.6 Å². The molecule has 5 rings (SSSR count). The molecule has 170 valence electrons. The highest BCUT2D eigenvalue weighted by molar-refractivity contribution is 5.97. The molecule has 0 saturated heterocycles. The standard InChI is InChI=1S/C28H23FN2O3/c1-18-6-13-25-24(14-18)28(20-7-10-22(29)11-8-20)31(16-26(32)30-25)27(33)17-34-23-12-9-19-4-2-3-5-21(19)15-23/h2-15,28H,16-17H2,1H3,(H,30,32)/t28-/m0/s1. The van der Waals surface area contributed by atoms with Crippen molar-refractivity contribution in [3.8, 4) is 5.75 Å². The minimum absolute atomic E-state index is 0.143. The van der Waals surface area contributed by atoms with Gasteiger partial charge in [0, 0.05) is 11.3 Å². The van der Waals surface area contributed by atoms with Crippen molar-refractivity contribution < 1.29 is 18.7 Å². The van der Waals surface area contributed by atoms with Crippen molar-refractivity contribution in [2.24, 2.45) is 0 Å². The molecule has 4 aromatic rings. The fraction of sp³-hybridized carbons (Fsp3) is 0.143. The van der Waals surface area contributed by atoms with E-state index in [9.17, 15) is 14.0 Å². The van der Waals surface area contributed by atoms with E-state index in [0.29, 0.717) is 17.0 Å². The summed E-state index contributed by atoms with van der Waals surface area (Å²) in [5, 5.41) is 4.98. The number of ether oxygens (including phenoxy) is 1. The van der Waals surface area contributed by atoms with Crippen molar-refractivity contribution in [3.63, 3.8) is 0 Å². The number of rotatable bonds is 4. The van der Waals surface area contributed by atoms with Crippen LogP contribution in [-0.4, -0.2) is 29.9 Å². The van der Waals surface area contributed by atoms with Crippen LogP contribution >= 0.6 is 0 Å². The molecule has 0 saturated carbocycles. The Morgan fingerprint density at radius 1 is 1.00 bits per heavy atom. The van der Waals surface area contributed by atoms with Gasteiger partial charge in [0.05, 0.1) is 6.04 Å². The van der Waals surface area contributed by atoms with Gasteiger partial charge in [0.15, 0.2) is 6.61 Å². The summed E-state index contributed by atoms with van der Waals surface area (Å²) < 4.78 is 19.5. The molecule has 0 fully saturated rings. The first-order chi connectivity index (χ1) is 16.5. The first kappa shape index (κ1) is 21.6. The maximum Gasteiger partial charge on any atom is 0.261 e. The molecular weight excluding hydrogens is 431 g/mol. The molecule has 2 amide bonds. The minimum atomic E-state index is -0.567. The highest BCUT2D eigenvalue weighted by Gasteiger charge is 2.33. The molecule has 5 nitrogen and oxygen atoms in total. The van der Waals surface area contributed by atoms with Crippen LogP contribution in [0.1, 0.15) is 22.7 Å². The molecule has 1 aliphatic heterocycles. The molecule has 0 aromatic heterocycles. The third-order valence-electron chi connectivity index (χ3n) is 5.99. The zero-order chi connectivity index (χ0) is 23.7. The quantitative estimate of drug-likeness (QED) is 0.459. The Kier molecular flexibility index (Phi) is 5.72. The summed E-state index contributed by atoms with van der Waals surface area (Å²) in [5.74, 6) is -0.435. The van der Waals surface area contributed by atoms with E-state index in [4.69, 9.17) is 4.74 Å². The molecule has 0 bridgehead atoms. The monoisotopic (exact) mass is 454 g/mol. The molecule has 1 atom stereocenters. The second kappa shape index (κ2) is 8.98. The van der Waals surface area contributed by atoms with Gasteiger partial charge in [0.25, 0.3) is 5.91 Å². The van der Waals surface area contributed by atoms with E-state index < -0.39 is 6.04 Å². The molecule has 6 heteroatoms. The molecule has 1 N–H and O–H groups in total. The van der Waals surface area contributed by atoms with Gasteiger partial charge in [-0.25, -0.2) is 4.39 Å². The summed E-state index contributed by atoms with van der Waals surface area (Å²) in [6, 6.07) is 24.7. The number of anilines is 1. The van der Waals surface area contributed by atoms with Gasteiger partial charge in [0.1, 0.15) is 18.1 Å². The lowest BCUT2D eigenvalue weighted by molar-refractivity contribution is -0.138. The highest BCUT2D eigenvalue weighted by Crippen LogP contribution is 2.36. The summed E-state index contributed by atoms with van der Waals surface area (Å²) in [6.45, 7) is 1.57. The van der Waals surface area contributed by atoms with E-state index in [1.165, 1.54) is 17.0 Å². The zero-order valence-corrected chi connectivity index (χ0v) is 18.6. The van der Waals surface area contributed by atoms with Crippen LogP contribution in [0.2, 0.25) is 0 Å². The van der Waals surface area contributed by atoms with E-state index in [0.717, 1.165) is 21.9 Å². The first-order valence-corrected chi connectivity index (χ1v) is 11.0. The smallest absolute Gasteiger partial charge is 0.261 e. The fourth-order valence-electron chi connectivity index (χ4n) is 4.35. The average Bonchev–Trinajstić information content (AvgIpc) is 2.98. The van der Waals surface area contributed by atoms with Gasteiger partial charge < -0.3 is 15.0 Å². The van der Waals surface area contributed by atoms with Gasteiger partial charge in [-0.3, -0.25) is 9.59 Å². The SMILES string of the molecule is Cc1ccc2c(c1)[C@H](c1ccc(F)cc1)N(C(=O)COc1ccc3ccccc3c1)CC(=O)N2. The van der Waals surface area contributed by atoms with Crippen molar-refractivity contribution >= 4 is 28.3 Å². The lowest BCUT2D eigenvalue weighted by Gasteiger charge is -2.30. The number of aryl methyl sites for hydroxylation is 1. The Balaban J connectivity index is 1.48. The van der Waals surface area contributed by atoms with E-state index in [2.05, 4.69) is 5.32 Å². The lowest BCUT2D eigenvalue weighted by atomic mass is 9.94. The molecule has 0 spiro atoms. The highest BCUT2D eigenvalue weighted by atomic mass is 19.1. The number of hydrogen-bond donors (Lipinski definition) is 1. The number of benzene rings is 4. The van der Waals surface area contributed by atoms with Crippen molar-refractivity contribution in [2.75, 3.05) is 18.5 Å². The van der Waals surface area contributed by atoms with Crippen LogP contribution in [0, 0.1) is 12.7 Å². The maximum atomic E-state index is 13.7. The first-order valence-electron chi connectivity index (χ1n) is 11.0. The molecule has 1 heterocycles. The molecule has 34 heavy (non-hydrogen) atoms. The van der Waals surface area contributed by atoms with Gasteiger partial charge in [0.2, 0.25) is 5.91 Å². The van der Waals surface area contributed by atoms with Gasteiger partial charge in [-0.2, -0.15) is 0 Å². The summed E-state index contributed by atoms with van der Waals surface area (Å²) in [5.41, 5.74) is 3.11. The molecule has 0 unspecified atom stereocenters. The normalized spacial score (nSPS) is 15.4. The van der Waals surface area contributed by atoms with Gasteiger partial charge >= 0.3 is 0 Å². The van der Waals surface area contributed by atoms with Crippen LogP contribution in [0.4, 0.5) is 10.1 Å². The Labute approximate surface area is 196 Å². The Morgan fingerprint density at radius 2 is 1.76 bits per heavy atom. The topological polar surface area (TPSA) is 58.6 Å². The Bertz CT molecular complexity index is 1380. The number of nitrogens with one attached hydrogen (secondary N) is 1. The lowest BCUT2D eigenvalue weighted by Crippen LogP contribution is -2.41. The molecule has 0 radical (unpaired) electrons. The number of carbonyl (C=O) groups excluding carboxylic acids is 2. The molecular formula is C28H23FN2O3. The van der Waals surface area contributed by atoms with Crippen LogP contribution in [0.3, 0.4) is 0 Å². The van der Waals surface area contributed by atoms with Crippen molar-refractivity contribution in [1.29, 1.82) is 0 Å². The number of carbonyl (C=O) groups is 2. The average molecular weight is 455 g/mol. The van der Waals surface area contributed by atoms with E-state index in [1.807, 2.05) is 67.6 Å². The number of hydrogen-bond acceptors (Lipinski definition) is 3. The van der Waals surface area contributed by atoms with Crippen LogP contribution in [0.15, 0.2) is 84.9 Å². The second-order valence-corrected chi connectivity index (χ2v) is 8.41. The predicted molar refractivity (Wildman–Crippen MR) is 129 cm³/mol. The third kappa shape index (κ3) is 4.35. The minimum Gasteiger partial charge on any atom is -0.484 e. The number of nitrogens with zero attached hydrogens (tertiary/aromatic N) is 1. The van der Waals surface area contributed by atoms with Crippen molar-refractivity contribution in [2.45, 2.75) is 13.0 Å². The van der Waals surface area contributed by atoms with Gasteiger partial charge in [-0.15, -0.1) is 0 Å². The fourth-order valence-corrected chi connectivity index (χ4v) is 4.35. The zero-order valence-electron chi connectivity index (χ0n) is 18.6. The van der Waals surface area contributed by atoms with E-state index in [1.54, 1.807) is 12.1 Å². The van der Waals surface area contributed by atoms with Crippen LogP contribution in [0.5, 0.6) is 5.75 Å². The van der Waals surface area contributed by atoms with Crippen LogP contribution in [0.25, 0.3) is 10.8 Å². The molecule has 4 aromatic carbocycles. The van der Waals surface area contributed by atoms with E-state index >= 15 is 0 Å². The van der Waals surface area contributed by atoms with Crippen LogP contribution in [-0.2, 0) is 9.59 Å². The number of fused-ring (bicyclic) bond motifs is 2. The summed E-state index contributed by atoms with van der Waals surface area (Å²) >= 11 is 0.